The van der Waals surface area contributed by atoms with Crippen molar-refractivity contribution in [2.24, 2.45) is 5.92 Å². The molecule has 7 heteroatoms. The third kappa shape index (κ3) is 5.91. The van der Waals surface area contributed by atoms with E-state index in [1.54, 1.807) is 0 Å². The smallest absolute Gasteiger partial charge is 0.164 e. The average molecular weight is 313 g/mol. The predicted molar refractivity (Wildman–Crippen MR) is 75.8 cm³/mol. The lowest BCUT2D eigenvalue weighted by Crippen LogP contribution is -2.28. The van der Waals surface area contributed by atoms with E-state index in [4.69, 9.17) is 16.3 Å². The van der Waals surface area contributed by atoms with Crippen LogP contribution in [0, 0.1) is 11.7 Å². The quantitative estimate of drug-likeness (QED) is 0.867. The number of aromatic nitrogens is 1. The van der Waals surface area contributed by atoms with Gasteiger partial charge in [0.15, 0.2) is 11.0 Å². The summed E-state index contributed by atoms with van der Waals surface area (Å²) in [6, 6.07) is 1.28. The fraction of sp³-hybridized carbons (Fsp3) is 0.583. The first-order valence-corrected chi connectivity index (χ1v) is 6.28. The zero-order valence-electron chi connectivity index (χ0n) is 10.5. The molecule has 110 valence electrons. The van der Waals surface area contributed by atoms with Crippen LogP contribution >= 0.6 is 24.0 Å². The molecule has 2 heterocycles. The molecule has 1 aromatic rings. The summed E-state index contributed by atoms with van der Waals surface area (Å²) in [5.74, 6) is 0.619. The summed E-state index contributed by atoms with van der Waals surface area (Å²) >= 11 is 5.49. The molecule has 1 saturated heterocycles. The minimum atomic E-state index is -0.536. The van der Waals surface area contributed by atoms with Gasteiger partial charge in [0.25, 0.3) is 0 Å². The van der Waals surface area contributed by atoms with E-state index in [1.807, 2.05) is 0 Å². The van der Waals surface area contributed by atoms with Crippen LogP contribution in [0.4, 0.5) is 4.39 Å². The van der Waals surface area contributed by atoms with Crippen LogP contribution in [-0.2, 0) is 0 Å². The van der Waals surface area contributed by atoms with E-state index in [9.17, 15) is 4.39 Å². The Hall–Kier alpha value is -0.620. The molecule has 0 unspecified atom stereocenters. The maximum absolute atomic E-state index is 13.1. The second-order valence-electron chi connectivity index (χ2n) is 4.27. The highest BCUT2D eigenvalue weighted by Gasteiger charge is 2.12. The maximum Gasteiger partial charge on any atom is 0.164 e. The van der Waals surface area contributed by atoms with Crippen molar-refractivity contribution in [1.82, 2.24) is 10.3 Å². The van der Waals surface area contributed by atoms with Crippen molar-refractivity contribution in [2.45, 2.75) is 19.3 Å². The summed E-state index contributed by atoms with van der Waals surface area (Å²) in [5.41, 5.74) is 0. The van der Waals surface area contributed by atoms with Crippen molar-refractivity contribution in [2.75, 3.05) is 19.7 Å². The summed E-state index contributed by atoms with van der Waals surface area (Å²) in [6.45, 7) is 2.77. The van der Waals surface area contributed by atoms with Gasteiger partial charge in [0, 0.05) is 6.07 Å². The highest BCUT2D eigenvalue weighted by atomic mass is 35.5. The number of rotatable bonds is 4. The van der Waals surface area contributed by atoms with Crippen LogP contribution in [0.5, 0.6) is 5.75 Å². The molecule has 0 saturated carbocycles. The molecule has 0 atom stereocenters. The first kappa shape index (κ1) is 18.4. The largest absolute Gasteiger partial charge is 0.492 e. The topological polar surface area (TPSA) is 65.7 Å². The Morgan fingerprint density at radius 3 is 2.74 bits per heavy atom. The SMILES string of the molecule is Cl.Fc1cc(OCCC2CCNCC2)cnc1Cl.O. The van der Waals surface area contributed by atoms with Crippen LogP contribution in [0.3, 0.4) is 0 Å². The van der Waals surface area contributed by atoms with Gasteiger partial charge in [0.1, 0.15) is 5.75 Å². The molecule has 0 aromatic carbocycles. The molecular formula is C12H19Cl2FN2O2. The number of hydrogen-bond donors (Lipinski definition) is 1. The molecule has 0 radical (unpaired) electrons. The number of halogens is 3. The summed E-state index contributed by atoms with van der Waals surface area (Å²) in [7, 11) is 0. The van der Waals surface area contributed by atoms with Gasteiger partial charge < -0.3 is 15.5 Å². The molecule has 0 spiro atoms. The van der Waals surface area contributed by atoms with E-state index >= 15 is 0 Å². The number of hydrogen-bond acceptors (Lipinski definition) is 3. The zero-order valence-corrected chi connectivity index (χ0v) is 12.1. The molecule has 1 aromatic heterocycles. The van der Waals surface area contributed by atoms with Crippen molar-refractivity contribution in [3.05, 3.63) is 23.2 Å². The Kier molecular flexibility index (Phi) is 9.01. The third-order valence-corrected chi connectivity index (χ3v) is 3.30. The number of piperidine rings is 1. The molecule has 1 aliphatic rings. The molecule has 0 aliphatic carbocycles. The van der Waals surface area contributed by atoms with Crippen LogP contribution in [-0.4, -0.2) is 30.2 Å². The molecule has 0 bridgehead atoms. The highest BCUT2D eigenvalue weighted by Crippen LogP contribution is 2.19. The lowest BCUT2D eigenvalue weighted by Gasteiger charge is -2.22. The standard InChI is InChI=1S/C12H16ClFN2O.ClH.H2O/c13-12-11(14)7-10(8-16-12)17-6-3-9-1-4-15-5-2-9;;/h7-9,15H,1-6H2;1H;1H2. The van der Waals surface area contributed by atoms with Crippen molar-refractivity contribution in [1.29, 1.82) is 0 Å². The van der Waals surface area contributed by atoms with E-state index in [-0.39, 0.29) is 23.0 Å². The second-order valence-corrected chi connectivity index (χ2v) is 4.63. The number of nitrogens with one attached hydrogen (secondary N) is 1. The van der Waals surface area contributed by atoms with Gasteiger partial charge in [-0.3, -0.25) is 0 Å². The van der Waals surface area contributed by atoms with Gasteiger partial charge in [-0.25, -0.2) is 9.37 Å². The summed E-state index contributed by atoms with van der Waals surface area (Å²) < 4.78 is 18.5. The highest BCUT2D eigenvalue weighted by molar-refractivity contribution is 6.29. The van der Waals surface area contributed by atoms with Crippen LogP contribution in [0.25, 0.3) is 0 Å². The van der Waals surface area contributed by atoms with Gasteiger partial charge in [0.2, 0.25) is 0 Å². The Morgan fingerprint density at radius 2 is 2.11 bits per heavy atom. The lowest BCUT2D eigenvalue weighted by molar-refractivity contribution is 0.250. The molecule has 19 heavy (non-hydrogen) atoms. The minimum absolute atomic E-state index is 0. The summed E-state index contributed by atoms with van der Waals surface area (Å²) in [6.07, 6.45) is 4.84. The van der Waals surface area contributed by atoms with E-state index in [0.717, 1.165) is 19.5 Å². The van der Waals surface area contributed by atoms with Gasteiger partial charge in [-0.15, -0.1) is 12.4 Å². The fourth-order valence-corrected chi connectivity index (χ4v) is 2.10. The Balaban J connectivity index is 0.00000162. The average Bonchev–Trinajstić information content (AvgIpc) is 2.35. The van der Waals surface area contributed by atoms with Crippen molar-refractivity contribution >= 4 is 24.0 Å². The third-order valence-electron chi connectivity index (χ3n) is 3.02. The fourth-order valence-electron chi connectivity index (χ4n) is 2.00. The van der Waals surface area contributed by atoms with Crippen molar-refractivity contribution in [3.63, 3.8) is 0 Å². The molecule has 0 amide bonds. The molecular weight excluding hydrogens is 294 g/mol. The van der Waals surface area contributed by atoms with E-state index in [0.29, 0.717) is 18.3 Å². The minimum Gasteiger partial charge on any atom is -0.492 e. The summed E-state index contributed by atoms with van der Waals surface area (Å²) in [4.78, 5) is 3.70. The monoisotopic (exact) mass is 312 g/mol. The second kappa shape index (κ2) is 9.31. The Bertz CT molecular complexity index is 377. The molecule has 1 fully saturated rings. The number of ether oxygens (including phenoxy) is 1. The van der Waals surface area contributed by atoms with E-state index < -0.39 is 5.82 Å². The van der Waals surface area contributed by atoms with E-state index in [2.05, 4.69) is 10.3 Å². The van der Waals surface area contributed by atoms with Crippen molar-refractivity contribution in [3.8, 4) is 5.75 Å². The van der Waals surface area contributed by atoms with Crippen molar-refractivity contribution < 1.29 is 14.6 Å². The van der Waals surface area contributed by atoms with Gasteiger partial charge in [0.05, 0.1) is 12.8 Å². The first-order valence-electron chi connectivity index (χ1n) is 5.90. The number of nitrogens with zero attached hydrogens (tertiary/aromatic N) is 1. The normalized spacial score (nSPS) is 15.3. The van der Waals surface area contributed by atoms with Gasteiger partial charge >= 0.3 is 0 Å². The molecule has 1 aliphatic heterocycles. The molecule has 4 nitrogen and oxygen atoms in total. The van der Waals surface area contributed by atoms with Crippen LogP contribution < -0.4 is 10.1 Å². The lowest BCUT2D eigenvalue weighted by atomic mass is 9.95. The van der Waals surface area contributed by atoms with Gasteiger partial charge in [-0.2, -0.15) is 0 Å². The first-order chi connectivity index (χ1) is 8.25. The van der Waals surface area contributed by atoms with Gasteiger partial charge in [-0.1, -0.05) is 11.6 Å². The zero-order chi connectivity index (χ0) is 12.1. The Morgan fingerprint density at radius 1 is 1.42 bits per heavy atom. The predicted octanol–water partition coefficient (Wildman–Crippen LogP) is 2.24. The summed E-state index contributed by atoms with van der Waals surface area (Å²) in [5, 5.41) is 3.21. The van der Waals surface area contributed by atoms with E-state index in [1.165, 1.54) is 25.1 Å². The number of pyridine rings is 1. The maximum atomic E-state index is 13.1. The van der Waals surface area contributed by atoms with Crippen LogP contribution in [0.1, 0.15) is 19.3 Å². The van der Waals surface area contributed by atoms with Gasteiger partial charge in [-0.05, 0) is 38.3 Å². The van der Waals surface area contributed by atoms with Crippen LogP contribution in [0.15, 0.2) is 12.3 Å². The Labute approximate surface area is 123 Å². The van der Waals surface area contributed by atoms with Crippen LogP contribution in [0.2, 0.25) is 5.15 Å². The molecule has 3 N–H and O–H groups in total. The molecule has 2 rings (SSSR count).